The average molecular weight is 195 g/mol. The van der Waals surface area contributed by atoms with E-state index >= 15 is 0 Å². The Bertz CT molecular complexity index is 289. The average Bonchev–Trinajstić information content (AvgIpc) is 2.67. The van der Waals surface area contributed by atoms with Crippen LogP contribution in [0.15, 0.2) is 18.3 Å². The normalized spacial score (nSPS) is 22.9. The van der Waals surface area contributed by atoms with Crippen LogP contribution in [0.5, 0.6) is 0 Å². The molecule has 0 spiro atoms. The van der Waals surface area contributed by atoms with Gasteiger partial charge in [0, 0.05) is 18.0 Å². The number of aldehydes is 1. The summed E-state index contributed by atoms with van der Waals surface area (Å²) in [6.45, 7) is 0. The predicted molar refractivity (Wildman–Crippen MR) is 55.4 cm³/mol. The van der Waals surface area contributed by atoms with Crippen molar-refractivity contribution < 1.29 is 4.79 Å². The maximum absolute atomic E-state index is 10.7. The Labute approximate surface area is 82.3 Å². The molecule has 13 heavy (non-hydrogen) atoms. The van der Waals surface area contributed by atoms with E-state index in [1.807, 2.05) is 30.1 Å². The van der Waals surface area contributed by atoms with Crippen molar-refractivity contribution in [3.05, 3.63) is 24.0 Å². The Kier molecular flexibility index (Phi) is 2.74. The monoisotopic (exact) mass is 195 g/mol. The van der Waals surface area contributed by atoms with Crippen LogP contribution in [-0.4, -0.2) is 22.4 Å². The van der Waals surface area contributed by atoms with E-state index in [1.165, 1.54) is 18.6 Å². The van der Waals surface area contributed by atoms with E-state index in [9.17, 15) is 4.79 Å². The molecule has 1 aromatic rings. The van der Waals surface area contributed by atoms with Crippen LogP contribution in [0.3, 0.4) is 0 Å². The highest BCUT2D eigenvalue weighted by Crippen LogP contribution is 2.27. The largest absolute Gasteiger partial charge is 0.341 e. The third-order valence-electron chi connectivity index (χ3n) is 2.46. The number of carbonyl (C=O) groups is 1. The molecule has 0 N–H and O–H groups in total. The minimum atomic E-state index is 0.536. The number of hydrogen-bond acceptors (Lipinski definition) is 2. The van der Waals surface area contributed by atoms with Gasteiger partial charge in [-0.3, -0.25) is 4.79 Å². The smallest absolute Gasteiger partial charge is 0.166 e. The van der Waals surface area contributed by atoms with Gasteiger partial charge >= 0.3 is 0 Å². The molecule has 1 unspecified atom stereocenters. The summed E-state index contributed by atoms with van der Waals surface area (Å²) in [5.41, 5.74) is 0.813. The fourth-order valence-corrected chi connectivity index (χ4v) is 2.92. The fraction of sp³-hybridized carbons (Fsp3) is 0.500. The van der Waals surface area contributed by atoms with E-state index in [-0.39, 0.29) is 0 Å². The molecule has 0 saturated carbocycles. The SMILES string of the molecule is O=Cc1cccn1C1CCCSC1. The molecule has 0 amide bonds. The summed E-state index contributed by atoms with van der Waals surface area (Å²) in [6.07, 6.45) is 5.44. The fourth-order valence-electron chi connectivity index (χ4n) is 1.78. The van der Waals surface area contributed by atoms with Crippen LogP contribution in [0, 0.1) is 0 Å². The lowest BCUT2D eigenvalue weighted by Gasteiger charge is -2.23. The minimum absolute atomic E-state index is 0.536. The zero-order valence-corrected chi connectivity index (χ0v) is 8.30. The zero-order chi connectivity index (χ0) is 9.10. The molecule has 1 fully saturated rings. The van der Waals surface area contributed by atoms with Crippen LogP contribution in [-0.2, 0) is 0 Å². The first-order chi connectivity index (χ1) is 6.42. The number of rotatable bonds is 2. The molecule has 1 aliphatic rings. The molecule has 1 aliphatic heterocycles. The Morgan fingerprint density at radius 1 is 1.62 bits per heavy atom. The first-order valence-corrected chi connectivity index (χ1v) is 5.77. The summed E-state index contributed by atoms with van der Waals surface area (Å²) in [5, 5.41) is 0. The number of hydrogen-bond donors (Lipinski definition) is 0. The third kappa shape index (κ3) is 1.80. The number of aromatic nitrogens is 1. The Morgan fingerprint density at radius 3 is 3.23 bits per heavy atom. The highest BCUT2D eigenvalue weighted by atomic mass is 32.2. The predicted octanol–water partition coefficient (Wildman–Crippen LogP) is 2.37. The Hall–Kier alpha value is -0.700. The van der Waals surface area contributed by atoms with Crippen molar-refractivity contribution in [2.75, 3.05) is 11.5 Å². The lowest BCUT2D eigenvalue weighted by Crippen LogP contribution is -2.17. The van der Waals surface area contributed by atoms with E-state index in [2.05, 4.69) is 4.57 Å². The second-order valence-corrected chi connectivity index (χ2v) is 4.48. The van der Waals surface area contributed by atoms with Gasteiger partial charge in [-0.15, -0.1) is 0 Å². The van der Waals surface area contributed by atoms with Crippen LogP contribution < -0.4 is 0 Å². The van der Waals surface area contributed by atoms with E-state index in [1.54, 1.807) is 0 Å². The topological polar surface area (TPSA) is 22.0 Å². The summed E-state index contributed by atoms with van der Waals surface area (Å²) < 4.78 is 2.11. The molecular formula is C10H13NOS. The summed E-state index contributed by atoms with van der Waals surface area (Å²) in [7, 11) is 0. The van der Waals surface area contributed by atoms with Gasteiger partial charge in [-0.1, -0.05) is 0 Å². The van der Waals surface area contributed by atoms with Gasteiger partial charge < -0.3 is 4.57 Å². The first kappa shape index (κ1) is 8.88. The van der Waals surface area contributed by atoms with E-state index in [0.29, 0.717) is 6.04 Å². The summed E-state index contributed by atoms with van der Waals surface area (Å²) in [5.74, 6) is 2.42. The quantitative estimate of drug-likeness (QED) is 0.676. The minimum Gasteiger partial charge on any atom is -0.341 e. The van der Waals surface area contributed by atoms with Gasteiger partial charge in [0.05, 0.1) is 5.69 Å². The molecule has 2 rings (SSSR count). The molecule has 3 heteroatoms. The molecule has 0 radical (unpaired) electrons. The molecular weight excluding hydrogens is 182 g/mol. The number of carbonyl (C=O) groups excluding carboxylic acids is 1. The molecule has 1 aromatic heterocycles. The van der Waals surface area contributed by atoms with E-state index < -0.39 is 0 Å². The molecule has 0 aliphatic carbocycles. The van der Waals surface area contributed by atoms with Crippen LogP contribution in [0.25, 0.3) is 0 Å². The molecule has 0 bridgehead atoms. The molecule has 2 nitrogen and oxygen atoms in total. The summed E-state index contributed by atoms with van der Waals surface area (Å²) in [4.78, 5) is 10.7. The van der Waals surface area contributed by atoms with Crippen molar-refractivity contribution in [2.45, 2.75) is 18.9 Å². The van der Waals surface area contributed by atoms with E-state index in [4.69, 9.17) is 0 Å². The van der Waals surface area contributed by atoms with Gasteiger partial charge in [0.1, 0.15) is 0 Å². The van der Waals surface area contributed by atoms with Gasteiger partial charge in [0.15, 0.2) is 6.29 Å². The van der Waals surface area contributed by atoms with Crippen molar-refractivity contribution in [1.82, 2.24) is 4.57 Å². The number of thioether (sulfide) groups is 1. The summed E-state index contributed by atoms with van der Waals surface area (Å²) in [6, 6.07) is 4.36. The first-order valence-electron chi connectivity index (χ1n) is 4.61. The zero-order valence-electron chi connectivity index (χ0n) is 7.48. The molecule has 70 valence electrons. The highest BCUT2D eigenvalue weighted by Gasteiger charge is 2.16. The highest BCUT2D eigenvalue weighted by molar-refractivity contribution is 7.99. The van der Waals surface area contributed by atoms with Gasteiger partial charge in [-0.25, -0.2) is 0 Å². The van der Waals surface area contributed by atoms with E-state index in [0.717, 1.165) is 17.7 Å². The van der Waals surface area contributed by atoms with Gasteiger partial charge in [-0.05, 0) is 30.7 Å². The molecule has 1 atom stereocenters. The van der Waals surface area contributed by atoms with Crippen LogP contribution >= 0.6 is 11.8 Å². The Morgan fingerprint density at radius 2 is 2.54 bits per heavy atom. The maximum Gasteiger partial charge on any atom is 0.166 e. The lowest BCUT2D eigenvalue weighted by atomic mass is 10.2. The molecule has 1 saturated heterocycles. The molecule has 0 aromatic carbocycles. The lowest BCUT2D eigenvalue weighted by molar-refractivity contribution is 0.111. The summed E-state index contributed by atoms with van der Waals surface area (Å²) >= 11 is 1.98. The molecule has 2 heterocycles. The maximum atomic E-state index is 10.7. The third-order valence-corrected chi connectivity index (χ3v) is 3.66. The van der Waals surface area contributed by atoms with Crippen LogP contribution in [0.2, 0.25) is 0 Å². The second kappa shape index (κ2) is 4.01. The number of nitrogens with zero attached hydrogens (tertiary/aromatic N) is 1. The van der Waals surface area contributed by atoms with Crippen molar-refractivity contribution in [1.29, 1.82) is 0 Å². The van der Waals surface area contributed by atoms with Crippen LogP contribution in [0.1, 0.15) is 29.4 Å². The van der Waals surface area contributed by atoms with Crippen molar-refractivity contribution in [3.63, 3.8) is 0 Å². The Balaban J connectivity index is 2.17. The second-order valence-electron chi connectivity index (χ2n) is 3.33. The standard InChI is InChI=1S/C10H13NOS/c12-7-9-3-1-5-11(9)10-4-2-6-13-8-10/h1,3,5,7,10H,2,4,6,8H2. The van der Waals surface area contributed by atoms with Crippen molar-refractivity contribution >= 4 is 18.0 Å². The van der Waals surface area contributed by atoms with Gasteiger partial charge in [-0.2, -0.15) is 11.8 Å². The van der Waals surface area contributed by atoms with Gasteiger partial charge in [0.2, 0.25) is 0 Å². The van der Waals surface area contributed by atoms with Crippen LogP contribution in [0.4, 0.5) is 0 Å². The van der Waals surface area contributed by atoms with Crippen molar-refractivity contribution in [2.24, 2.45) is 0 Å². The van der Waals surface area contributed by atoms with Gasteiger partial charge in [0.25, 0.3) is 0 Å². The van der Waals surface area contributed by atoms with Crippen molar-refractivity contribution in [3.8, 4) is 0 Å².